The van der Waals surface area contributed by atoms with Gasteiger partial charge in [0.25, 0.3) is 0 Å². The van der Waals surface area contributed by atoms with Gasteiger partial charge in [0.15, 0.2) is 5.96 Å². The Morgan fingerprint density at radius 1 is 1.21 bits per heavy atom. The van der Waals surface area contributed by atoms with Crippen LogP contribution in [0.15, 0.2) is 29.3 Å². The normalized spacial score (nSPS) is 15.2. The number of nitrogens with one attached hydrogen (secondary N) is 2. The summed E-state index contributed by atoms with van der Waals surface area (Å²) in [4.78, 5) is 7.11. The van der Waals surface area contributed by atoms with Crippen molar-refractivity contribution in [3.63, 3.8) is 0 Å². The van der Waals surface area contributed by atoms with E-state index in [0.29, 0.717) is 0 Å². The molecule has 2 N–H and O–H groups in total. The highest BCUT2D eigenvalue weighted by Gasteiger charge is 2.14. The number of hydrogen-bond donors (Lipinski definition) is 2. The molecule has 1 aromatic carbocycles. The van der Waals surface area contributed by atoms with Crippen molar-refractivity contribution in [3.05, 3.63) is 35.4 Å². The fraction of sp³-hybridized carbons (Fsp3) is 0.632. The van der Waals surface area contributed by atoms with Crippen molar-refractivity contribution in [3.8, 4) is 0 Å². The summed E-state index contributed by atoms with van der Waals surface area (Å²) in [6, 6.07) is 8.78. The molecule has 0 aliphatic carbocycles. The van der Waals surface area contributed by atoms with Gasteiger partial charge in [-0.3, -0.25) is 9.89 Å². The maximum atomic E-state index is 5.35. The van der Waals surface area contributed by atoms with Gasteiger partial charge in [-0.25, -0.2) is 0 Å². The molecule has 0 spiro atoms. The van der Waals surface area contributed by atoms with Crippen LogP contribution in [0.1, 0.15) is 31.4 Å². The predicted molar refractivity (Wildman–Crippen MR) is 101 cm³/mol. The summed E-state index contributed by atoms with van der Waals surface area (Å²) >= 11 is 0. The maximum Gasteiger partial charge on any atom is 0.191 e. The minimum Gasteiger partial charge on any atom is -0.382 e. The number of nitrogens with zero attached hydrogens (tertiary/aromatic N) is 2. The first-order chi connectivity index (χ1) is 11.8. The van der Waals surface area contributed by atoms with Gasteiger partial charge in [-0.1, -0.05) is 24.3 Å². The topological polar surface area (TPSA) is 48.9 Å². The van der Waals surface area contributed by atoms with E-state index in [9.17, 15) is 0 Å². The fourth-order valence-corrected chi connectivity index (χ4v) is 2.92. The lowest BCUT2D eigenvalue weighted by Gasteiger charge is -2.28. The van der Waals surface area contributed by atoms with Crippen LogP contribution in [-0.4, -0.2) is 56.8 Å². The lowest BCUT2D eigenvalue weighted by molar-refractivity contribution is 0.146. The Labute approximate surface area is 146 Å². The molecule has 0 saturated heterocycles. The third kappa shape index (κ3) is 6.49. The molecule has 1 aliphatic rings. The number of ether oxygens (including phenoxy) is 1. The zero-order valence-corrected chi connectivity index (χ0v) is 15.2. The molecular weight excluding hydrogens is 300 g/mol. The Kier molecular flexibility index (Phi) is 8.63. The van der Waals surface area contributed by atoms with Crippen LogP contribution in [0.2, 0.25) is 0 Å². The molecular formula is C19H32N4O. The molecule has 1 aromatic rings. The van der Waals surface area contributed by atoms with E-state index in [2.05, 4.69) is 51.7 Å². The van der Waals surface area contributed by atoms with E-state index >= 15 is 0 Å². The van der Waals surface area contributed by atoms with Crippen molar-refractivity contribution in [1.29, 1.82) is 0 Å². The second kappa shape index (κ2) is 11.0. The van der Waals surface area contributed by atoms with E-state index in [1.807, 2.05) is 6.92 Å². The standard InChI is InChI=1S/C19H32N4O/c1-3-20-19(21-11-7-15-24-4-2)22-12-14-23-13-10-17-8-5-6-9-18(17)16-23/h5-6,8-9H,3-4,7,10-16H2,1-2H3,(H2,20,21,22). The van der Waals surface area contributed by atoms with Gasteiger partial charge < -0.3 is 15.4 Å². The van der Waals surface area contributed by atoms with Crippen LogP contribution < -0.4 is 10.6 Å². The van der Waals surface area contributed by atoms with Gasteiger partial charge in [-0.15, -0.1) is 0 Å². The molecule has 0 bridgehead atoms. The van der Waals surface area contributed by atoms with Crippen LogP contribution in [-0.2, 0) is 17.7 Å². The van der Waals surface area contributed by atoms with Gasteiger partial charge >= 0.3 is 0 Å². The number of benzene rings is 1. The van der Waals surface area contributed by atoms with E-state index in [0.717, 1.165) is 71.3 Å². The van der Waals surface area contributed by atoms with E-state index < -0.39 is 0 Å². The largest absolute Gasteiger partial charge is 0.382 e. The SMILES string of the molecule is CCNC(=NCCCOCC)NCCN1CCc2ccccc2C1. The minimum absolute atomic E-state index is 0.779. The van der Waals surface area contributed by atoms with E-state index in [1.165, 1.54) is 11.1 Å². The first-order valence-electron chi connectivity index (χ1n) is 9.22. The highest BCUT2D eigenvalue weighted by molar-refractivity contribution is 5.79. The van der Waals surface area contributed by atoms with Crippen LogP contribution >= 0.6 is 0 Å². The zero-order valence-electron chi connectivity index (χ0n) is 15.2. The summed E-state index contributed by atoms with van der Waals surface area (Å²) < 4.78 is 5.35. The second-order valence-corrected chi connectivity index (χ2v) is 6.03. The first kappa shape index (κ1) is 18.7. The molecule has 5 nitrogen and oxygen atoms in total. The van der Waals surface area contributed by atoms with Crippen molar-refractivity contribution in [2.45, 2.75) is 33.2 Å². The predicted octanol–water partition coefficient (Wildman–Crippen LogP) is 2.03. The van der Waals surface area contributed by atoms with Crippen LogP contribution in [0.5, 0.6) is 0 Å². The summed E-state index contributed by atoms with van der Waals surface area (Å²) in [5.74, 6) is 0.909. The quantitative estimate of drug-likeness (QED) is 0.413. The Morgan fingerprint density at radius 3 is 2.83 bits per heavy atom. The smallest absolute Gasteiger partial charge is 0.191 e. The van der Waals surface area contributed by atoms with E-state index in [-0.39, 0.29) is 0 Å². The molecule has 0 unspecified atom stereocenters. The first-order valence-corrected chi connectivity index (χ1v) is 9.22. The van der Waals surface area contributed by atoms with E-state index in [4.69, 9.17) is 4.74 Å². The molecule has 1 heterocycles. The minimum atomic E-state index is 0.779. The number of aliphatic imine (C=N–C) groups is 1. The number of guanidine groups is 1. The van der Waals surface area contributed by atoms with Crippen LogP contribution in [0.3, 0.4) is 0 Å². The Balaban J connectivity index is 1.70. The summed E-state index contributed by atoms with van der Waals surface area (Å²) in [6.07, 6.45) is 2.12. The van der Waals surface area contributed by atoms with Crippen molar-refractivity contribution < 1.29 is 4.74 Å². The Hall–Kier alpha value is -1.59. The zero-order chi connectivity index (χ0) is 17.0. The fourth-order valence-electron chi connectivity index (χ4n) is 2.92. The lowest BCUT2D eigenvalue weighted by Crippen LogP contribution is -2.42. The molecule has 0 aromatic heterocycles. The summed E-state index contributed by atoms with van der Waals surface area (Å²) in [6.45, 7) is 11.5. The van der Waals surface area contributed by atoms with E-state index in [1.54, 1.807) is 0 Å². The Morgan fingerprint density at radius 2 is 2.04 bits per heavy atom. The molecule has 0 radical (unpaired) electrons. The summed E-state index contributed by atoms with van der Waals surface area (Å²) in [5, 5.41) is 6.75. The van der Waals surface area contributed by atoms with Crippen molar-refractivity contribution in [2.75, 3.05) is 45.9 Å². The Bertz CT molecular complexity index is 504. The molecule has 2 rings (SSSR count). The number of hydrogen-bond acceptors (Lipinski definition) is 3. The summed E-state index contributed by atoms with van der Waals surface area (Å²) in [7, 11) is 0. The average Bonchev–Trinajstić information content (AvgIpc) is 2.61. The molecule has 0 amide bonds. The summed E-state index contributed by atoms with van der Waals surface area (Å²) in [5.41, 5.74) is 2.98. The van der Waals surface area contributed by atoms with Crippen molar-refractivity contribution >= 4 is 5.96 Å². The van der Waals surface area contributed by atoms with Gasteiger partial charge in [-0.2, -0.15) is 0 Å². The molecule has 134 valence electrons. The lowest BCUT2D eigenvalue weighted by atomic mass is 10.00. The van der Waals surface area contributed by atoms with Gasteiger partial charge in [0.2, 0.25) is 0 Å². The van der Waals surface area contributed by atoms with Crippen LogP contribution in [0.4, 0.5) is 0 Å². The van der Waals surface area contributed by atoms with Gasteiger partial charge in [0, 0.05) is 52.5 Å². The number of fused-ring (bicyclic) bond motifs is 1. The van der Waals surface area contributed by atoms with Crippen LogP contribution in [0.25, 0.3) is 0 Å². The molecule has 0 fully saturated rings. The van der Waals surface area contributed by atoms with Gasteiger partial charge in [-0.05, 0) is 37.8 Å². The molecule has 5 heteroatoms. The van der Waals surface area contributed by atoms with Gasteiger partial charge in [0.05, 0.1) is 0 Å². The van der Waals surface area contributed by atoms with Crippen molar-refractivity contribution in [2.24, 2.45) is 4.99 Å². The second-order valence-electron chi connectivity index (χ2n) is 6.03. The third-order valence-corrected chi connectivity index (χ3v) is 4.20. The highest BCUT2D eigenvalue weighted by atomic mass is 16.5. The van der Waals surface area contributed by atoms with Crippen molar-refractivity contribution in [1.82, 2.24) is 15.5 Å². The molecule has 0 atom stereocenters. The van der Waals surface area contributed by atoms with Gasteiger partial charge in [0.1, 0.15) is 0 Å². The molecule has 0 saturated carbocycles. The average molecular weight is 332 g/mol. The molecule has 24 heavy (non-hydrogen) atoms. The third-order valence-electron chi connectivity index (χ3n) is 4.20. The molecule has 1 aliphatic heterocycles. The highest BCUT2D eigenvalue weighted by Crippen LogP contribution is 2.17. The number of rotatable bonds is 9. The maximum absolute atomic E-state index is 5.35. The monoisotopic (exact) mass is 332 g/mol. The van der Waals surface area contributed by atoms with Crippen LogP contribution in [0, 0.1) is 0 Å².